The highest BCUT2D eigenvalue weighted by Crippen LogP contribution is 2.27. The van der Waals surface area contributed by atoms with Crippen LogP contribution in [0.5, 0.6) is 5.75 Å². The van der Waals surface area contributed by atoms with Crippen molar-refractivity contribution >= 4 is 17.7 Å². The molecule has 0 aliphatic heterocycles. The molecule has 0 saturated heterocycles. The summed E-state index contributed by atoms with van der Waals surface area (Å²) in [6, 6.07) is 28.5. The number of carbonyl (C=O) groups excluding carboxylic acids is 1. The highest BCUT2D eigenvalue weighted by Gasteiger charge is 2.15. The van der Waals surface area contributed by atoms with Crippen LogP contribution >= 0.6 is 11.8 Å². The number of benzene rings is 3. The van der Waals surface area contributed by atoms with Crippen molar-refractivity contribution in [2.24, 2.45) is 0 Å². The van der Waals surface area contributed by atoms with Gasteiger partial charge in [-0.25, -0.2) is 0 Å². The number of nitrogens with one attached hydrogen (secondary N) is 1. The minimum Gasteiger partial charge on any atom is -0.497 e. The van der Waals surface area contributed by atoms with Crippen LogP contribution in [0.15, 0.2) is 96.4 Å². The molecule has 4 rings (SSSR count). The first-order chi connectivity index (χ1) is 16.2. The van der Waals surface area contributed by atoms with E-state index in [1.807, 2.05) is 41.0 Å². The number of hydrogen-bond acceptors (Lipinski definition) is 5. The quantitative estimate of drug-likeness (QED) is 0.349. The van der Waals surface area contributed by atoms with E-state index in [4.69, 9.17) is 4.74 Å². The Hall–Kier alpha value is -3.58. The van der Waals surface area contributed by atoms with Gasteiger partial charge in [0.1, 0.15) is 12.1 Å². The van der Waals surface area contributed by atoms with Gasteiger partial charge in [-0.05, 0) is 41.8 Å². The topological polar surface area (TPSA) is 69.0 Å². The van der Waals surface area contributed by atoms with Crippen molar-refractivity contribution < 1.29 is 9.53 Å². The fourth-order valence-electron chi connectivity index (χ4n) is 3.68. The molecule has 1 N–H and O–H groups in total. The highest BCUT2D eigenvalue weighted by molar-refractivity contribution is 7.99. The number of nitrogens with zero attached hydrogens (tertiary/aromatic N) is 3. The maximum atomic E-state index is 12.5. The van der Waals surface area contributed by atoms with E-state index in [0.717, 1.165) is 17.9 Å². The van der Waals surface area contributed by atoms with Gasteiger partial charge in [-0.3, -0.25) is 9.36 Å². The molecular formula is C26H26N4O2S. The lowest BCUT2D eigenvalue weighted by Gasteiger charge is -2.18. The Morgan fingerprint density at radius 3 is 2.21 bits per heavy atom. The fourth-order valence-corrected chi connectivity index (χ4v) is 4.44. The van der Waals surface area contributed by atoms with Gasteiger partial charge in [0, 0.05) is 18.2 Å². The van der Waals surface area contributed by atoms with Gasteiger partial charge in [0.2, 0.25) is 5.91 Å². The molecule has 1 aromatic heterocycles. The molecule has 33 heavy (non-hydrogen) atoms. The number of hydrogen-bond donors (Lipinski definition) is 1. The van der Waals surface area contributed by atoms with E-state index < -0.39 is 0 Å². The van der Waals surface area contributed by atoms with Crippen molar-refractivity contribution in [2.75, 3.05) is 19.4 Å². The zero-order valence-corrected chi connectivity index (χ0v) is 19.2. The van der Waals surface area contributed by atoms with Crippen LogP contribution < -0.4 is 10.1 Å². The van der Waals surface area contributed by atoms with E-state index in [-0.39, 0.29) is 17.6 Å². The monoisotopic (exact) mass is 458 g/mol. The SMILES string of the molecule is COc1ccc(-n2cnnc2SCC(=O)NCCC(c2ccccc2)c2ccccc2)cc1. The first-order valence-electron chi connectivity index (χ1n) is 10.8. The Morgan fingerprint density at radius 1 is 0.970 bits per heavy atom. The van der Waals surface area contributed by atoms with Gasteiger partial charge in [0.25, 0.3) is 0 Å². The Kier molecular flexibility index (Phi) is 7.76. The molecule has 4 aromatic rings. The van der Waals surface area contributed by atoms with Crippen LogP contribution in [-0.4, -0.2) is 40.1 Å². The maximum absolute atomic E-state index is 12.5. The van der Waals surface area contributed by atoms with Crippen molar-refractivity contribution in [3.63, 3.8) is 0 Å². The molecule has 3 aromatic carbocycles. The summed E-state index contributed by atoms with van der Waals surface area (Å²) in [6.45, 7) is 0.596. The van der Waals surface area contributed by atoms with Gasteiger partial charge in [-0.15, -0.1) is 10.2 Å². The van der Waals surface area contributed by atoms with Crippen LogP contribution in [-0.2, 0) is 4.79 Å². The van der Waals surface area contributed by atoms with E-state index in [1.54, 1.807) is 13.4 Å². The summed E-state index contributed by atoms with van der Waals surface area (Å²) in [4.78, 5) is 12.5. The third kappa shape index (κ3) is 6.02. The van der Waals surface area contributed by atoms with Gasteiger partial charge in [0.05, 0.1) is 12.9 Å². The number of ether oxygens (including phenoxy) is 1. The van der Waals surface area contributed by atoms with Gasteiger partial charge in [-0.1, -0.05) is 72.4 Å². The minimum absolute atomic E-state index is 0.0239. The number of rotatable bonds is 10. The summed E-state index contributed by atoms with van der Waals surface area (Å²) < 4.78 is 7.07. The van der Waals surface area contributed by atoms with Gasteiger partial charge >= 0.3 is 0 Å². The standard InChI is InChI=1S/C26H26N4O2S/c1-32-23-14-12-22(13-15-23)30-19-28-29-26(30)33-18-25(31)27-17-16-24(20-8-4-2-5-9-20)21-10-6-3-7-11-21/h2-15,19,24H,16-18H2,1H3,(H,27,31). The van der Waals surface area contributed by atoms with E-state index >= 15 is 0 Å². The zero-order chi connectivity index (χ0) is 22.9. The number of methoxy groups -OCH3 is 1. The van der Waals surface area contributed by atoms with Gasteiger partial charge in [0.15, 0.2) is 5.16 Å². The second-order valence-electron chi connectivity index (χ2n) is 7.48. The average Bonchev–Trinajstić information content (AvgIpc) is 3.35. The molecule has 0 radical (unpaired) electrons. The summed E-state index contributed by atoms with van der Waals surface area (Å²) >= 11 is 1.36. The molecule has 0 atom stereocenters. The third-order valence-corrected chi connectivity index (χ3v) is 6.30. The lowest BCUT2D eigenvalue weighted by molar-refractivity contribution is -0.118. The molecule has 0 fully saturated rings. The van der Waals surface area contributed by atoms with Crippen molar-refractivity contribution in [1.29, 1.82) is 0 Å². The molecule has 7 heteroatoms. The molecule has 0 bridgehead atoms. The van der Waals surface area contributed by atoms with Crippen LogP contribution in [0, 0.1) is 0 Å². The predicted octanol–water partition coefficient (Wildman–Crippen LogP) is 4.71. The average molecular weight is 459 g/mol. The predicted molar refractivity (Wildman–Crippen MR) is 131 cm³/mol. The van der Waals surface area contributed by atoms with Crippen LogP contribution in [0.1, 0.15) is 23.5 Å². The first-order valence-corrected chi connectivity index (χ1v) is 11.8. The maximum Gasteiger partial charge on any atom is 0.230 e. The molecule has 0 aliphatic rings. The fraction of sp³-hybridized carbons (Fsp3) is 0.192. The van der Waals surface area contributed by atoms with Crippen LogP contribution in [0.3, 0.4) is 0 Å². The van der Waals surface area contributed by atoms with Crippen molar-refractivity contribution in [3.8, 4) is 11.4 Å². The number of aromatic nitrogens is 3. The summed E-state index contributed by atoms with van der Waals surface area (Å²) in [5, 5.41) is 11.9. The Bertz CT molecular complexity index is 1110. The smallest absolute Gasteiger partial charge is 0.230 e. The number of carbonyl (C=O) groups is 1. The van der Waals surface area contributed by atoms with Crippen LogP contribution in [0.25, 0.3) is 5.69 Å². The normalized spacial score (nSPS) is 10.8. The largest absolute Gasteiger partial charge is 0.497 e. The Labute approximate surface area is 198 Å². The molecule has 1 amide bonds. The third-order valence-electron chi connectivity index (χ3n) is 5.36. The minimum atomic E-state index is -0.0239. The molecule has 1 heterocycles. The molecule has 0 spiro atoms. The first kappa shape index (κ1) is 22.6. The van der Waals surface area contributed by atoms with Crippen LogP contribution in [0.2, 0.25) is 0 Å². The summed E-state index contributed by atoms with van der Waals surface area (Å²) in [5.41, 5.74) is 3.41. The Balaban J connectivity index is 1.32. The van der Waals surface area contributed by atoms with E-state index in [9.17, 15) is 4.79 Å². The molecule has 168 valence electrons. The summed E-state index contributed by atoms with van der Waals surface area (Å²) in [6.07, 6.45) is 2.47. The second-order valence-corrected chi connectivity index (χ2v) is 8.43. The molecule has 0 saturated carbocycles. The van der Waals surface area contributed by atoms with Gasteiger partial charge in [-0.2, -0.15) is 0 Å². The Morgan fingerprint density at radius 2 is 1.61 bits per heavy atom. The zero-order valence-electron chi connectivity index (χ0n) is 18.4. The lowest BCUT2D eigenvalue weighted by atomic mass is 9.88. The van der Waals surface area contributed by atoms with E-state index in [1.165, 1.54) is 22.9 Å². The highest BCUT2D eigenvalue weighted by atomic mass is 32.2. The van der Waals surface area contributed by atoms with Crippen molar-refractivity contribution in [3.05, 3.63) is 102 Å². The van der Waals surface area contributed by atoms with Gasteiger partial charge < -0.3 is 10.1 Å². The lowest BCUT2D eigenvalue weighted by Crippen LogP contribution is -2.27. The second kappa shape index (κ2) is 11.3. The molecule has 6 nitrogen and oxygen atoms in total. The van der Waals surface area contributed by atoms with Crippen molar-refractivity contribution in [2.45, 2.75) is 17.5 Å². The van der Waals surface area contributed by atoms with Crippen LogP contribution in [0.4, 0.5) is 0 Å². The molecular weight excluding hydrogens is 432 g/mol. The molecule has 0 aliphatic carbocycles. The van der Waals surface area contributed by atoms with Crippen molar-refractivity contribution in [1.82, 2.24) is 20.1 Å². The molecule has 0 unspecified atom stereocenters. The summed E-state index contributed by atoms with van der Waals surface area (Å²) in [7, 11) is 1.63. The number of amides is 1. The van der Waals surface area contributed by atoms with E-state index in [0.29, 0.717) is 11.7 Å². The summed E-state index contributed by atoms with van der Waals surface area (Å²) in [5.74, 6) is 1.27. The van der Waals surface area contributed by atoms with E-state index in [2.05, 4.69) is 64.0 Å². The number of thioether (sulfide) groups is 1.